The van der Waals surface area contributed by atoms with Crippen molar-refractivity contribution >= 4 is 5.91 Å². The van der Waals surface area contributed by atoms with Gasteiger partial charge >= 0.3 is 0 Å². The van der Waals surface area contributed by atoms with Crippen LogP contribution in [0.3, 0.4) is 0 Å². The molecule has 0 spiro atoms. The van der Waals surface area contributed by atoms with Crippen LogP contribution in [-0.2, 0) is 13.0 Å². The predicted octanol–water partition coefficient (Wildman–Crippen LogP) is 2.50. The first-order valence-corrected chi connectivity index (χ1v) is 8.73. The van der Waals surface area contributed by atoms with E-state index < -0.39 is 11.6 Å². The number of amides is 1. The van der Waals surface area contributed by atoms with Crippen molar-refractivity contribution in [3.8, 4) is 0 Å². The molecule has 26 heavy (non-hydrogen) atoms. The minimum atomic E-state index is -0.612. The highest BCUT2D eigenvalue weighted by molar-refractivity contribution is 5.94. The van der Waals surface area contributed by atoms with E-state index in [0.29, 0.717) is 24.1 Å². The van der Waals surface area contributed by atoms with Crippen LogP contribution < -0.4 is 5.32 Å². The van der Waals surface area contributed by atoms with E-state index in [1.54, 1.807) is 12.1 Å². The second-order valence-corrected chi connectivity index (χ2v) is 6.62. The maximum atomic E-state index is 13.6. The first-order valence-electron chi connectivity index (χ1n) is 8.73. The number of hydrogen-bond acceptors (Lipinski definition) is 3. The Morgan fingerprint density at radius 1 is 1.19 bits per heavy atom. The maximum Gasteiger partial charge on any atom is 0.251 e. The van der Waals surface area contributed by atoms with E-state index in [-0.39, 0.29) is 18.6 Å². The second kappa shape index (κ2) is 8.38. The molecule has 0 radical (unpaired) electrons. The number of aliphatic hydroxyl groups is 1. The van der Waals surface area contributed by atoms with Gasteiger partial charge in [0.15, 0.2) is 0 Å². The largest absolute Gasteiger partial charge is 0.392 e. The van der Waals surface area contributed by atoms with Gasteiger partial charge in [0.2, 0.25) is 0 Å². The van der Waals surface area contributed by atoms with Gasteiger partial charge in [-0.15, -0.1) is 0 Å². The lowest BCUT2D eigenvalue weighted by molar-refractivity contribution is 0.0954. The second-order valence-electron chi connectivity index (χ2n) is 6.62. The van der Waals surface area contributed by atoms with Gasteiger partial charge in [-0.05, 0) is 42.2 Å². The highest BCUT2D eigenvalue weighted by Crippen LogP contribution is 2.14. The molecular formula is C20H22F2N2O2. The zero-order valence-corrected chi connectivity index (χ0v) is 14.4. The molecule has 1 fully saturated rings. The Bertz CT molecular complexity index is 765. The van der Waals surface area contributed by atoms with E-state index in [1.807, 2.05) is 12.1 Å². The standard InChI is InChI=1S/C20H22F2N2O2/c21-17-6-5-15(19(22)11-17)7-9-23-20(26)16-3-1-14(2-4-16)12-24-10-8-18(25)13-24/h1-6,11,18,25H,7-10,12-13H2,(H,23,26)/t18-/m1/s1. The SMILES string of the molecule is O=C(NCCc1ccc(F)cc1F)c1ccc(CN2CC[C@@H](O)C2)cc1. The Hall–Kier alpha value is -2.31. The third-order valence-electron chi connectivity index (χ3n) is 4.56. The molecule has 0 aromatic heterocycles. The molecule has 1 aliphatic heterocycles. The fourth-order valence-corrected chi connectivity index (χ4v) is 3.11. The van der Waals surface area contributed by atoms with Crippen molar-refractivity contribution in [3.05, 3.63) is 70.8 Å². The topological polar surface area (TPSA) is 52.6 Å². The Labute approximate surface area is 151 Å². The molecule has 0 unspecified atom stereocenters. The molecule has 1 atom stereocenters. The summed E-state index contributed by atoms with van der Waals surface area (Å²) in [5, 5.41) is 12.3. The van der Waals surface area contributed by atoms with Crippen molar-refractivity contribution in [2.24, 2.45) is 0 Å². The summed E-state index contributed by atoms with van der Waals surface area (Å²) in [5.74, 6) is -1.44. The average molecular weight is 360 g/mol. The maximum absolute atomic E-state index is 13.6. The fourth-order valence-electron chi connectivity index (χ4n) is 3.11. The Kier molecular flexibility index (Phi) is 5.96. The third kappa shape index (κ3) is 4.86. The number of likely N-dealkylation sites (tertiary alicyclic amines) is 1. The third-order valence-corrected chi connectivity index (χ3v) is 4.56. The first-order chi connectivity index (χ1) is 12.5. The number of carbonyl (C=O) groups is 1. The van der Waals surface area contributed by atoms with Gasteiger partial charge in [-0.1, -0.05) is 18.2 Å². The number of carbonyl (C=O) groups excluding carboxylic acids is 1. The lowest BCUT2D eigenvalue weighted by Gasteiger charge is -2.15. The van der Waals surface area contributed by atoms with E-state index in [2.05, 4.69) is 10.2 Å². The smallest absolute Gasteiger partial charge is 0.251 e. The molecule has 1 saturated heterocycles. The van der Waals surface area contributed by atoms with Crippen molar-refractivity contribution in [1.29, 1.82) is 0 Å². The molecule has 0 bridgehead atoms. The van der Waals surface area contributed by atoms with Gasteiger partial charge in [0.05, 0.1) is 6.10 Å². The van der Waals surface area contributed by atoms with Gasteiger partial charge in [0, 0.05) is 37.8 Å². The molecule has 1 heterocycles. The number of nitrogens with one attached hydrogen (secondary N) is 1. The molecule has 2 N–H and O–H groups in total. The summed E-state index contributed by atoms with van der Waals surface area (Å²) < 4.78 is 26.4. The van der Waals surface area contributed by atoms with Crippen molar-refractivity contribution in [2.75, 3.05) is 19.6 Å². The normalized spacial score (nSPS) is 17.4. The Balaban J connectivity index is 1.48. The summed E-state index contributed by atoms with van der Waals surface area (Å²) in [6.07, 6.45) is 0.855. The number of aliphatic hydroxyl groups excluding tert-OH is 1. The number of benzene rings is 2. The van der Waals surface area contributed by atoms with Crippen LogP contribution in [0.1, 0.15) is 27.9 Å². The quantitative estimate of drug-likeness (QED) is 0.832. The average Bonchev–Trinajstić information content (AvgIpc) is 3.02. The van der Waals surface area contributed by atoms with Crippen LogP contribution in [0.15, 0.2) is 42.5 Å². The summed E-state index contributed by atoms with van der Waals surface area (Å²) >= 11 is 0. The van der Waals surface area contributed by atoms with Crippen molar-refractivity contribution in [1.82, 2.24) is 10.2 Å². The molecule has 2 aromatic rings. The van der Waals surface area contributed by atoms with Gasteiger partial charge in [0.1, 0.15) is 11.6 Å². The van der Waals surface area contributed by atoms with Crippen LogP contribution in [0.2, 0.25) is 0 Å². The van der Waals surface area contributed by atoms with Gasteiger partial charge in [-0.2, -0.15) is 0 Å². The molecule has 3 rings (SSSR count). The zero-order chi connectivity index (χ0) is 18.5. The van der Waals surface area contributed by atoms with Crippen molar-refractivity contribution in [3.63, 3.8) is 0 Å². The van der Waals surface area contributed by atoms with Crippen molar-refractivity contribution in [2.45, 2.75) is 25.5 Å². The van der Waals surface area contributed by atoms with Crippen LogP contribution in [0.4, 0.5) is 8.78 Å². The predicted molar refractivity (Wildman–Crippen MR) is 94.7 cm³/mol. The van der Waals surface area contributed by atoms with Crippen LogP contribution >= 0.6 is 0 Å². The fraction of sp³-hybridized carbons (Fsp3) is 0.350. The summed E-state index contributed by atoms with van der Waals surface area (Å²) in [7, 11) is 0. The van der Waals surface area contributed by atoms with Crippen LogP contribution in [-0.4, -0.2) is 41.7 Å². The summed E-state index contributed by atoms with van der Waals surface area (Å²) in [4.78, 5) is 14.3. The van der Waals surface area contributed by atoms with E-state index in [9.17, 15) is 18.7 Å². The number of nitrogens with zero attached hydrogens (tertiary/aromatic N) is 1. The molecule has 1 aliphatic rings. The molecule has 6 heteroatoms. The molecule has 2 aromatic carbocycles. The van der Waals surface area contributed by atoms with E-state index in [1.165, 1.54) is 12.1 Å². The van der Waals surface area contributed by atoms with Gasteiger partial charge in [-0.25, -0.2) is 8.78 Å². The van der Waals surface area contributed by atoms with Crippen LogP contribution in [0, 0.1) is 11.6 Å². The van der Waals surface area contributed by atoms with Crippen LogP contribution in [0.25, 0.3) is 0 Å². The molecule has 0 aliphatic carbocycles. The minimum absolute atomic E-state index is 0.226. The number of hydrogen-bond donors (Lipinski definition) is 2. The number of rotatable bonds is 6. The lowest BCUT2D eigenvalue weighted by atomic mass is 10.1. The molecule has 1 amide bonds. The van der Waals surface area contributed by atoms with E-state index >= 15 is 0 Å². The van der Waals surface area contributed by atoms with Gasteiger partial charge < -0.3 is 10.4 Å². The Morgan fingerprint density at radius 2 is 1.96 bits per heavy atom. The molecule has 138 valence electrons. The van der Waals surface area contributed by atoms with E-state index in [0.717, 1.165) is 31.1 Å². The number of halogens is 2. The number of β-amino-alcohol motifs (C(OH)–C–C–N with tert-alkyl or cyclic N) is 1. The van der Waals surface area contributed by atoms with E-state index in [4.69, 9.17) is 0 Å². The van der Waals surface area contributed by atoms with Gasteiger partial charge in [0.25, 0.3) is 5.91 Å². The summed E-state index contributed by atoms with van der Waals surface area (Å²) in [5.41, 5.74) is 1.99. The Morgan fingerprint density at radius 3 is 2.62 bits per heavy atom. The first kappa shape index (κ1) is 18.5. The zero-order valence-electron chi connectivity index (χ0n) is 14.4. The lowest BCUT2D eigenvalue weighted by Crippen LogP contribution is -2.26. The highest BCUT2D eigenvalue weighted by atomic mass is 19.1. The minimum Gasteiger partial charge on any atom is -0.392 e. The monoisotopic (exact) mass is 360 g/mol. The van der Waals surface area contributed by atoms with Gasteiger partial charge in [-0.3, -0.25) is 9.69 Å². The van der Waals surface area contributed by atoms with Crippen molar-refractivity contribution < 1.29 is 18.7 Å². The molecule has 4 nitrogen and oxygen atoms in total. The highest BCUT2D eigenvalue weighted by Gasteiger charge is 2.19. The molecular weight excluding hydrogens is 338 g/mol. The summed E-state index contributed by atoms with van der Waals surface area (Å²) in [6.45, 7) is 2.59. The van der Waals surface area contributed by atoms with Crippen LogP contribution in [0.5, 0.6) is 0 Å². The molecule has 0 saturated carbocycles. The summed E-state index contributed by atoms with van der Waals surface area (Å²) in [6, 6.07) is 10.8.